The van der Waals surface area contributed by atoms with Crippen LogP contribution < -0.4 is 5.32 Å². The number of carbonyl (C=O) groups is 2. The lowest BCUT2D eigenvalue weighted by molar-refractivity contribution is -0.142. The average Bonchev–Trinajstić information content (AvgIpc) is 2.75. The molecule has 19 heavy (non-hydrogen) atoms. The van der Waals surface area contributed by atoms with Gasteiger partial charge in [-0.05, 0) is 27.8 Å². The van der Waals surface area contributed by atoms with Gasteiger partial charge in [-0.1, -0.05) is 20.8 Å². The van der Waals surface area contributed by atoms with Crippen LogP contribution in [-0.4, -0.2) is 35.1 Å². The lowest BCUT2D eigenvalue weighted by Crippen LogP contribution is -2.52. The van der Waals surface area contributed by atoms with Crippen molar-refractivity contribution in [1.82, 2.24) is 10.2 Å². The lowest BCUT2D eigenvalue weighted by Gasteiger charge is -2.29. The fourth-order valence-electron chi connectivity index (χ4n) is 1.61. The summed E-state index contributed by atoms with van der Waals surface area (Å²) in [6, 6.07) is 0.644. The SMILES string of the molecule is CN(Cc1ccsc1)C(=O)NC(C(=O)O)C(C)(C)C. The molecule has 0 aliphatic carbocycles. The van der Waals surface area contributed by atoms with Crippen molar-refractivity contribution in [2.45, 2.75) is 33.4 Å². The maximum absolute atomic E-state index is 12.0. The highest BCUT2D eigenvalue weighted by atomic mass is 32.1. The summed E-state index contributed by atoms with van der Waals surface area (Å²) in [4.78, 5) is 24.7. The summed E-state index contributed by atoms with van der Waals surface area (Å²) in [5, 5.41) is 15.6. The second-order valence-corrected chi connectivity index (χ2v) is 6.35. The van der Waals surface area contributed by atoms with Crippen LogP contribution in [0, 0.1) is 5.41 Å². The molecule has 5 nitrogen and oxygen atoms in total. The zero-order chi connectivity index (χ0) is 14.6. The van der Waals surface area contributed by atoms with E-state index in [9.17, 15) is 9.59 Å². The molecule has 0 saturated carbocycles. The minimum absolute atomic E-state index is 0.381. The van der Waals surface area contributed by atoms with E-state index >= 15 is 0 Å². The van der Waals surface area contributed by atoms with Crippen molar-refractivity contribution in [3.63, 3.8) is 0 Å². The molecule has 2 N–H and O–H groups in total. The van der Waals surface area contributed by atoms with Crippen molar-refractivity contribution < 1.29 is 14.7 Å². The van der Waals surface area contributed by atoms with E-state index in [0.29, 0.717) is 6.54 Å². The number of urea groups is 1. The number of rotatable bonds is 4. The Morgan fingerprint density at radius 1 is 1.47 bits per heavy atom. The van der Waals surface area contributed by atoms with E-state index in [1.807, 2.05) is 16.8 Å². The van der Waals surface area contributed by atoms with Gasteiger partial charge in [-0.2, -0.15) is 11.3 Å². The molecule has 0 aliphatic heterocycles. The van der Waals surface area contributed by atoms with Gasteiger partial charge in [0, 0.05) is 13.6 Å². The van der Waals surface area contributed by atoms with Crippen LogP contribution in [0.3, 0.4) is 0 Å². The number of nitrogens with one attached hydrogen (secondary N) is 1. The van der Waals surface area contributed by atoms with Crippen LogP contribution in [0.1, 0.15) is 26.3 Å². The van der Waals surface area contributed by atoms with E-state index in [1.54, 1.807) is 39.2 Å². The van der Waals surface area contributed by atoms with Crippen LogP contribution in [0.25, 0.3) is 0 Å². The van der Waals surface area contributed by atoms with Crippen LogP contribution >= 0.6 is 11.3 Å². The first kappa shape index (κ1) is 15.5. The first-order valence-electron chi connectivity index (χ1n) is 5.97. The quantitative estimate of drug-likeness (QED) is 0.892. The van der Waals surface area contributed by atoms with Gasteiger partial charge in [0.15, 0.2) is 0 Å². The summed E-state index contributed by atoms with van der Waals surface area (Å²) in [6.45, 7) is 5.81. The summed E-state index contributed by atoms with van der Waals surface area (Å²) in [5.74, 6) is -1.02. The Hall–Kier alpha value is -1.56. The van der Waals surface area contributed by atoms with Gasteiger partial charge in [-0.3, -0.25) is 0 Å². The molecule has 1 atom stereocenters. The summed E-state index contributed by atoms with van der Waals surface area (Å²) in [7, 11) is 1.65. The summed E-state index contributed by atoms with van der Waals surface area (Å²) >= 11 is 1.56. The minimum atomic E-state index is -1.02. The third-order valence-corrected chi connectivity index (χ3v) is 3.46. The van der Waals surface area contributed by atoms with Gasteiger partial charge < -0.3 is 15.3 Å². The number of amides is 2. The second kappa shape index (κ2) is 6.06. The Morgan fingerprint density at radius 3 is 2.53 bits per heavy atom. The number of nitrogens with zero attached hydrogens (tertiary/aromatic N) is 1. The van der Waals surface area contributed by atoms with Gasteiger partial charge in [-0.25, -0.2) is 9.59 Å². The predicted octanol–water partition coefficient (Wildman–Crippen LogP) is 2.39. The highest BCUT2D eigenvalue weighted by Crippen LogP contribution is 2.19. The minimum Gasteiger partial charge on any atom is -0.480 e. The number of carbonyl (C=O) groups excluding carboxylic acids is 1. The molecule has 1 heterocycles. The largest absolute Gasteiger partial charge is 0.480 e. The van der Waals surface area contributed by atoms with Crippen LogP contribution in [0.2, 0.25) is 0 Å². The van der Waals surface area contributed by atoms with Gasteiger partial charge in [0.05, 0.1) is 0 Å². The fourth-order valence-corrected chi connectivity index (χ4v) is 2.27. The van der Waals surface area contributed by atoms with E-state index < -0.39 is 17.4 Å². The first-order valence-corrected chi connectivity index (χ1v) is 6.91. The highest BCUT2D eigenvalue weighted by molar-refractivity contribution is 7.07. The zero-order valence-electron chi connectivity index (χ0n) is 11.6. The molecule has 2 amide bonds. The molecule has 1 unspecified atom stereocenters. The lowest BCUT2D eigenvalue weighted by atomic mass is 9.87. The molecule has 0 spiro atoms. The maximum Gasteiger partial charge on any atom is 0.326 e. The topological polar surface area (TPSA) is 69.6 Å². The van der Waals surface area contributed by atoms with Crippen LogP contribution in [0.15, 0.2) is 16.8 Å². The normalized spacial score (nSPS) is 12.8. The molecule has 0 bridgehead atoms. The van der Waals surface area contributed by atoms with Crippen molar-refractivity contribution in [1.29, 1.82) is 0 Å². The van der Waals surface area contributed by atoms with Gasteiger partial charge >= 0.3 is 12.0 Å². The standard InChI is InChI=1S/C13H20N2O3S/c1-13(2,3)10(11(16)17)14-12(18)15(4)7-9-5-6-19-8-9/h5-6,8,10H,7H2,1-4H3,(H,14,18)(H,16,17). The molecule has 1 aromatic heterocycles. The van der Waals surface area contributed by atoms with E-state index in [4.69, 9.17) is 5.11 Å². The number of aliphatic carboxylic acids is 1. The van der Waals surface area contributed by atoms with E-state index in [-0.39, 0.29) is 6.03 Å². The summed E-state index contributed by atoms with van der Waals surface area (Å²) < 4.78 is 0. The average molecular weight is 284 g/mol. The summed E-state index contributed by atoms with van der Waals surface area (Å²) in [6.07, 6.45) is 0. The van der Waals surface area contributed by atoms with Gasteiger partial charge in [0.1, 0.15) is 6.04 Å². The van der Waals surface area contributed by atoms with E-state index in [0.717, 1.165) is 5.56 Å². The third kappa shape index (κ3) is 4.55. The smallest absolute Gasteiger partial charge is 0.326 e. The highest BCUT2D eigenvalue weighted by Gasteiger charge is 2.33. The van der Waals surface area contributed by atoms with Crippen molar-refractivity contribution in [2.75, 3.05) is 7.05 Å². The van der Waals surface area contributed by atoms with Gasteiger partial charge in [-0.15, -0.1) is 0 Å². The molecule has 0 radical (unpaired) electrons. The van der Waals surface area contributed by atoms with Crippen LogP contribution in [0.5, 0.6) is 0 Å². The number of carboxylic acids is 1. The Balaban J connectivity index is 2.64. The number of hydrogen-bond acceptors (Lipinski definition) is 3. The molecule has 106 valence electrons. The molecule has 0 aliphatic rings. The zero-order valence-corrected chi connectivity index (χ0v) is 12.5. The maximum atomic E-state index is 12.0. The van der Waals surface area contributed by atoms with Crippen molar-refractivity contribution >= 4 is 23.3 Å². The molecule has 0 saturated heterocycles. The Kier molecular flexibility index (Phi) is 4.94. The Labute approximate surface area is 117 Å². The molecule has 0 fully saturated rings. The molecular weight excluding hydrogens is 264 g/mol. The molecule has 1 aromatic rings. The third-order valence-electron chi connectivity index (χ3n) is 2.73. The molecule has 6 heteroatoms. The Bertz CT molecular complexity index is 437. The van der Waals surface area contributed by atoms with E-state index in [1.165, 1.54) is 4.90 Å². The van der Waals surface area contributed by atoms with Crippen molar-refractivity contribution in [3.05, 3.63) is 22.4 Å². The fraction of sp³-hybridized carbons (Fsp3) is 0.538. The van der Waals surface area contributed by atoms with Crippen molar-refractivity contribution in [2.24, 2.45) is 5.41 Å². The van der Waals surface area contributed by atoms with E-state index in [2.05, 4.69) is 5.32 Å². The second-order valence-electron chi connectivity index (χ2n) is 5.57. The van der Waals surface area contributed by atoms with Crippen LogP contribution in [-0.2, 0) is 11.3 Å². The number of hydrogen-bond donors (Lipinski definition) is 2. The number of thiophene rings is 1. The van der Waals surface area contributed by atoms with Crippen LogP contribution in [0.4, 0.5) is 4.79 Å². The predicted molar refractivity (Wildman–Crippen MR) is 75.2 cm³/mol. The van der Waals surface area contributed by atoms with Gasteiger partial charge in [0.2, 0.25) is 0 Å². The monoisotopic (exact) mass is 284 g/mol. The molecule has 1 rings (SSSR count). The van der Waals surface area contributed by atoms with Crippen molar-refractivity contribution in [3.8, 4) is 0 Å². The summed E-state index contributed by atoms with van der Waals surface area (Å²) in [5.41, 5.74) is 0.496. The molecule has 0 aromatic carbocycles. The Morgan fingerprint density at radius 2 is 2.11 bits per heavy atom. The number of carboxylic acid groups (broad SMARTS) is 1. The van der Waals surface area contributed by atoms with Gasteiger partial charge in [0.25, 0.3) is 0 Å². The molecular formula is C13H20N2O3S. The first-order chi connectivity index (χ1) is 8.71.